The Labute approximate surface area is 154 Å². The second kappa shape index (κ2) is 7.83. The van der Waals surface area contributed by atoms with E-state index in [4.69, 9.17) is 4.74 Å². The van der Waals surface area contributed by atoms with E-state index in [9.17, 15) is 9.59 Å². The Morgan fingerprint density at radius 1 is 1.15 bits per heavy atom. The molecule has 0 atom stereocenters. The molecule has 7 nitrogen and oxygen atoms in total. The molecule has 2 heterocycles. The Balaban J connectivity index is 1.70. The molecular weight excluding hydrogens is 352 g/mol. The minimum atomic E-state index is -0.571. The number of hydrogen-bond acceptors (Lipinski definition) is 7. The van der Waals surface area contributed by atoms with Crippen molar-refractivity contribution in [2.45, 2.75) is 20.5 Å². The van der Waals surface area contributed by atoms with Crippen LogP contribution in [0.4, 0.5) is 10.8 Å². The van der Waals surface area contributed by atoms with Crippen LogP contribution in [0.25, 0.3) is 0 Å². The Bertz CT molecular complexity index is 910. The van der Waals surface area contributed by atoms with E-state index in [1.165, 1.54) is 35.6 Å². The van der Waals surface area contributed by atoms with Gasteiger partial charge >= 0.3 is 5.97 Å². The SMILES string of the molecule is CC(=O)N(c1ccccc1)c1nc(COC(=O)c2cnc(C)cn2)cs1. The summed E-state index contributed by atoms with van der Waals surface area (Å²) in [7, 11) is 0. The van der Waals surface area contributed by atoms with Gasteiger partial charge < -0.3 is 4.74 Å². The number of amides is 1. The van der Waals surface area contributed by atoms with Crippen molar-refractivity contribution in [2.75, 3.05) is 4.90 Å². The number of anilines is 2. The van der Waals surface area contributed by atoms with Gasteiger partial charge in [0.25, 0.3) is 0 Å². The molecule has 0 saturated carbocycles. The summed E-state index contributed by atoms with van der Waals surface area (Å²) in [4.78, 5) is 37.9. The minimum absolute atomic E-state index is 0.00851. The molecule has 0 N–H and O–H groups in total. The predicted octanol–water partition coefficient (Wildman–Crippen LogP) is 3.28. The molecule has 0 aliphatic carbocycles. The highest BCUT2D eigenvalue weighted by Gasteiger charge is 2.18. The maximum atomic E-state index is 12.0. The molecular formula is C18H16N4O3S. The van der Waals surface area contributed by atoms with Crippen molar-refractivity contribution >= 4 is 34.0 Å². The number of aryl methyl sites for hydroxylation is 1. The molecule has 0 radical (unpaired) electrons. The minimum Gasteiger partial charge on any atom is -0.454 e. The van der Waals surface area contributed by atoms with Gasteiger partial charge in [-0.15, -0.1) is 11.3 Å². The van der Waals surface area contributed by atoms with Gasteiger partial charge in [-0.25, -0.2) is 14.8 Å². The molecule has 1 amide bonds. The first-order valence-corrected chi connectivity index (χ1v) is 8.68. The maximum Gasteiger partial charge on any atom is 0.358 e. The third-order valence-corrected chi connectivity index (χ3v) is 4.28. The summed E-state index contributed by atoms with van der Waals surface area (Å²) in [5.41, 5.74) is 2.14. The lowest BCUT2D eigenvalue weighted by Gasteiger charge is -2.17. The van der Waals surface area contributed by atoms with E-state index >= 15 is 0 Å². The second-order valence-corrected chi connectivity index (χ2v) is 6.27. The fourth-order valence-corrected chi connectivity index (χ4v) is 3.05. The summed E-state index contributed by atoms with van der Waals surface area (Å²) in [6.45, 7) is 3.25. The number of para-hydroxylation sites is 1. The van der Waals surface area contributed by atoms with Gasteiger partial charge in [0.05, 0.1) is 23.3 Å². The largest absolute Gasteiger partial charge is 0.454 e. The van der Waals surface area contributed by atoms with Gasteiger partial charge in [-0.1, -0.05) is 18.2 Å². The lowest BCUT2D eigenvalue weighted by Crippen LogP contribution is -2.22. The van der Waals surface area contributed by atoms with Crippen LogP contribution in [0.3, 0.4) is 0 Å². The molecule has 3 rings (SSSR count). The van der Waals surface area contributed by atoms with Crippen molar-refractivity contribution in [3.05, 3.63) is 65.2 Å². The molecule has 0 fully saturated rings. The summed E-state index contributed by atoms with van der Waals surface area (Å²) in [5.74, 6) is -0.720. The highest BCUT2D eigenvalue weighted by atomic mass is 32.1. The van der Waals surface area contributed by atoms with Gasteiger partial charge in [0.1, 0.15) is 6.61 Å². The lowest BCUT2D eigenvalue weighted by atomic mass is 10.3. The van der Waals surface area contributed by atoms with E-state index in [0.717, 1.165) is 11.4 Å². The van der Waals surface area contributed by atoms with Crippen molar-refractivity contribution in [3.8, 4) is 0 Å². The molecule has 8 heteroatoms. The number of carbonyl (C=O) groups excluding carboxylic acids is 2. The van der Waals surface area contributed by atoms with Gasteiger partial charge in [-0.3, -0.25) is 14.7 Å². The average Bonchev–Trinajstić information content (AvgIpc) is 3.09. The first kappa shape index (κ1) is 17.7. The Morgan fingerprint density at radius 2 is 1.92 bits per heavy atom. The van der Waals surface area contributed by atoms with Crippen molar-refractivity contribution in [2.24, 2.45) is 0 Å². The average molecular weight is 368 g/mol. The number of carbonyl (C=O) groups is 2. The second-order valence-electron chi connectivity index (χ2n) is 5.43. The normalized spacial score (nSPS) is 10.4. The number of aromatic nitrogens is 3. The number of hydrogen-bond donors (Lipinski definition) is 0. The Kier molecular flexibility index (Phi) is 5.33. The number of rotatable bonds is 5. The molecule has 1 aromatic carbocycles. The maximum absolute atomic E-state index is 12.0. The highest BCUT2D eigenvalue weighted by Crippen LogP contribution is 2.28. The molecule has 2 aromatic heterocycles. The highest BCUT2D eigenvalue weighted by molar-refractivity contribution is 7.14. The summed E-state index contributed by atoms with van der Waals surface area (Å²) < 4.78 is 5.21. The van der Waals surface area contributed by atoms with Crippen LogP contribution < -0.4 is 4.90 Å². The third-order valence-electron chi connectivity index (χ3n) is 3.40. The molecule has 0 aliphatic heterocycles. The topological polar surface area (TPSA) is 85.3 Å². The van der Waals surface area contributed by atoms with Gasteiger partial charge in [0.15, 0.2) is 10.8 Å². The van der Waals surface area contributed by atoms with Crippen LogP contribution in [0.2, 0.25) is 0 Å². The summed E-state index contributed by atoms with van der Waals surface area (Å²) in [5, 5.41) is 2.27. The van der Waals surface area contributed by atoms with Crippen molar-refractivity contribution in [1.29, 1.82) is 0 Å². The predicted molar refractivity (Wildman–Crippen MR) is 97.3 cm³/mol. The molecule has 132 valence electrons. The molecule has 0 bridgehead atoms. The molecule has 0 spiro atoms. The van der Waals surface area contributed by atoms with Crippen LogP contribution in [0.1, 0.15) is 28.8 Å². The van der Waals surface area contributed by atoms with E-state index < -0.39 is 5.97 Å². The Hall–Kier alpha value is -3.13. The number of thiazole rings is 1. The zero-order valence-corrected chi connectivity index (χ0v) is 15.1. The fraction of sp³-hybridized carbons (Fsp3) is 0.167. The summed E-state index contributed by atoms with van der Waals surface area (Å²) >= 11 is 1.30. The van der Waals surface area contributed by atoms with E-state index in [2.05, 4.69) is 15.0 Å². The van der Waals surface area contributed by atoms with Crippen LogP contribution in [-0.2, 0) is 16.1 Å². The number of benzene rings is 1. The lowest BCUT2D eigenvalue weighted by molar-refractivity contribution is -0.115. The van der Waals surface area contributed by atoms with Crippen molar-refractivity contribution < 1.29 is 14.3 Å². The number of nitrogens with zero attached hydrogens (tertiary/aromatic N) is 4. The van der Waals surface area contributed by atoms with Crippen LogP contribution in [0, 0.1) is 6.92 Å². The van der Waals surface area contributed by atoms with Crippen molar-refractivity contribution in [1.82, 2.24) is 15.0 Å². The molecule has 26 heavy (non-hydrogen) atoms. The van der Waals surface area contributed by atoms with Gasteiger partial charge in [-0.2, -0.15) is 0 Å². The van der Waals surface area contributed by atoms with E-state index in [-0.39, 0.29) is 18.2 Å². The van der Waals surface area contributed by atoms with E-state index in [0.29, 0.717) is 10.8 Å². The third kappa shape index (κ3) is 4.09. The first-order chi connectivity index (χ1) is 12.5. The summed E-state index contributed by atoms with van der Waals surface area (Å²) in [6.07, 6.45) is 2.87. The first-order valence-electron chi connectivity index (χ1n) is 7.80. The molecule has 3 aromatic rings. The monoisotopic (exact) mass is 368 g/mol. The molecule has 0 aliphatic rings. The van der Waals surface area contributed by atoms with Gasteiger partial charge in [0, 0.05) is 18.5 Å². The van der Waals surface area contributed by atoms with Crippen LogP contribution in [0.5, 0.6) is 0 Å². The van der Waals surface area contributed by atoms with Crippen molar-refractivity contribution in [3.63, 3.8) is 0 Å². The van der Waals surface area contributed by atoms with Gasteiger partial charge in [-0.05, 0) is 19.1 Å². The quantitative estimate of drug-likeness (QED) is 0.643. The molecule has 0 saturated heterocycles. The fourth-order valence-electron chi connectivity index (χ4n) is 2.18. The smallest absolute Gasteiger partial charge is 0.358 e. The van der Waals surface area contributed by atoms with Crippen LogP contribution in [0.15, 0.2) is 48.1 Å². The van der Waals surface area contributed by atoms with E-state index in [1.54, 1.807) is 12.3 Å². The van der Waals surface area contributed by atoms with Crippen LogP contribution in [-0.4, -0.2) is 26.8 Å². The zero-order chi connectivity index (χ0) is 18.5. The molecule has 0 unspecified atom stereocenters. The number of ether oxygens (including phenoxy) is 1. The summed E-state index contributed by atoms with van der Waals surface area (Å²) in [6, 6.07) is 9.24. The van der Waals surface area contributed by atoms with Gasteiger partial charge in [0.2, 0.25) is 5.91 Å². The Morgan fingerprint density at radius 3 is 2.58 bits per heavy atom. The zero-order valence-electron chi connectivity index (χ0n) is 14.2. The van der Waals surface area contributed by atoms with E-state index in [1.807, 2.05) is 30.3 Å². The standard InChI is InChI=1S/C18H16N4O3S/c1-12-8-20-16(9-19-12)17(24)25-10-14-11-26-18(21-14)22(13(2)23)15-6-4-3-5-7-15/h3-9,11H,10H2,1-2H3. The van der Waals surface area contributed by atoms with Crippen LogP contribution >= 0.6 is 11.3 Å². The number of esters is 1.